The molecule has 2 aliphatic heterocycles. The van der Waals surface area contributed by atoms with Crippen LogP contribution in [-0.4, -0.2) is 69.5 Å². The number of piperazine rings is 1. The number of fused-ring (bicyclic) bond motifs is 1. The zero-order valence-corrected chi connectivity index (χ0v) is 17.3. The number of rotatable bonds is 3. The second-order valence-electron chi connectivity index (χ2n) is 7.75. The van der Waals surface area contributed by atoms with E-state index in [1.807, 2.05) is 18.5 Å². The van der Waals surface area contributed by atoms with Gasteiger partial charge in [0.15, 0.2) is 0 Å². The highest BCUT2D eigenvalue weighted by molar-refractivity contribution is 5.35. The van der Waals surface area contributed by atoms with E-state index in [2.05, 4.69) is 55.8 Å². The van der Waals surface area contributed by atoms with Crippen LogP contribution >= 0.6 is 0 Å². The third kappa shape index (κ3) is 4.86. The molecule has 7 heteroatoms. The van der Waals surface area contributed by atoms with Gasteiger partial charge in [-0.25, -0.2) is 9.97 Å². The lowest BCUT2D eigenvalue weighted by Gasteiger charge is -2.38. The molecule has 0 aromatic carbocycles. The van der Waals surface area contributed by atoms with E-state index in [1.165, 1.54) is 16.8 Å². The van der Waals surface area contributed by atoms with Crippen LogP contribution in [0.25, 0.3) is 0 Å². The molecule has 0 spiro atoms. The van der Waals surface area contributed by atoms with Crippen molar-refractivity contribution in [1.82, 2.24) is 29.7 Å². The fourth-order valence-corrected chi connectivity index (χ4v) is 3.96. The van der Waals surface area contributed by atoms with Gasteiger partial charge in [-0.1, -0.05) is 6.07 Å². The molecular weight excluding hydrogens is 362 g/mol. The van der Waals surface area contributed by atoms with Gasteiger partial charge in [-0.3, -0.25) is 14.9 Å². The van der Waals surface area contributed by atoms with Crippen molar-refractivity contribution in [2.45, 2.75) is 25.9 Å². The highest BCUT2D eigenvalue weighted by atomic mass is 15.3. The summed E-state index contributed by atoms with van der Waals surface area (Å²) in [6, 6.07) is 6.51. The zero-order valence-electron chi connectivity index (χ0n) is 17.3. The molecular formula is C22H29N7. The number of anilines is 1. The average molecular weight is 392 g/mol. The van der Waals surface area contributed by atoms with Gasteiger partial charge in [0.2, 0.25) is 5.95 Å². The van der Waals surface area contributed by atoms with Crippen LogP contribution < -0.4 is 4.90 Å². The van der Waals surface area contributed by atoms with Gasteiger partial charge in [0, 0.05) is 88.3 Å². The smallest absolute Gasteiger partial charge is 0.225 e. The van der Waals surface area contributed by atoms with Gasteiger partial charge in [-0.15, -0.1) is 0 Å². The molecule has 1 unspecified atom stereocenters. The molecule has 4 heterocycles. The summed E-state index contributed by atoms with van der Waals surface area (Å²) in [4.78, 5) is 25.1. The maximum absolute atomic E-state index is 4.88. The van der Waals surface area contributed by atoms with Crippen LogP contribution in [0.1, 0.15) is 29.8 Å². The maximum Gasteiger partial charge on any atom is 0.225 e. The number of aromatic nitrogens is 4. The van der Waals surface area contributed by atoms with E-state index >= 15 is 0 Å². The van der Waals surface area contributed by atoms with Crippen LogP contribution in [0, 0.1) is 0 Å². The molecule has 2 aromatic rings. The lowest BCUT2D eigenvalue weighted by molar-refractivity contribution is 0.197. The predicted molar refractivity (Wildman–Crippen MR) is 114 cm³/mol. The van der Waals surface area contributed by atoms with Crippen molar-refractivity contribution in [2.75, 3.05) is 44.7 Å². The fourth-order valence-electron chi connectivity index (χ4n) is 3.96. The molecule has 0 N–H and O–H groups in total. The molecule has 0 aliphatic carbocycles. The van der Waals surface area contributed by atoms with Gasteiger partial charge in [0.25, 0.3) is 0 Å². The summed E-state index contributed by atoms with van der Waals surface area (Å²) >= 11 is 0. The first-order chi connectivity index (χ1) is 14.2. The van der Waals surface area contributed by atoms with E-state index in [1.54, 1.807) is 18.6 Å². The molecule has 0 amide bonds. The van der Waals surface area contributed by atoms with E-state index < -0.39 is 0 Å². The van der Waals surface area contributed by atoms with Crippen LogP contribution in [0.15, 0.2) is 49.2 Å². The average Bonchev–Trinajstić information content (AvgIpc) is 2.76. The minimum absolute atomic E-state index is 0.316. The summed E-state index contributed by atoms with van der Waals surface area (Å²) in [7, 11) is 2.15. The Balaban J connectivity index is 1.42. The van der Waals surface area contributed by atoms with Gasteiger partial charge < -0.3 is 9.80 Å². The van der Waals surface area contributed by atoms with E-state index in [-0.39, 0.29) is 0 Å². The van der Waals surface area contributed by atoms with Crippen molar-refractivity contribution in [3.05, 3.63) is 66.0 Å². The van der Waals surface area contributed by atoms with Crippen molar-refractivity contribution in [3.8, 4) is 0 Å². The van der Waals surface area contributed by atoms with Crippen LogP contribution in [0.5, 0.6) is 0 Å². The van der Waals surface area contributed by atoms with Crippen molar-refractivity contribution in [2.24, 2.45) is 0 Å². The molecule has 2 aromatic heterocycles. The minimum atomic E-state index is 0.316. The molecule has 0 bridgehead atoms. The highest BCUT2D eigenvalue weighted by Crippen LogP contribution is 2.23. The topological polar surface area (TPSA) is 61.3 Å². The zero-order chi connectivity index (χ0) is 20.1. The molecule has 1 fully saturated rings. The van der Waals surface area contributed by atoms with Gasteiger partial charge in [-0.05, 0) is 31.7 Å². The minimum Gasteiger partial charge on any atom is -0.338 e. The quantitative estimate of drug-likeness (QED) is 0.795. The Hall–Kier alpha value is -2.64. The number of nitrogens with zero attached hydrogens (tertiary/aromatic N) is 7. The Morgan fingerprint density at radius 1 is 0.931 bits per heavy atom. The summed E-state index contributed by atoms with van der Waals surface area (Å²) in [5.74, 6) is 0.883. The third-order valence-corrected chi connectivity index (χ3v) is 5.79. The van der Waals surface area contributed by atoms with E-state index in [4.69, 9.17) is 4.98 Å². The number of likely N-dealkylation sites (N-methyl/N-ethyl adjacent to an activating group) is 1. The van der Waals surface area contributed by atoms with Crippen LogP contribution in [-0.2, 0) is 13.0 Å². The normalized spacial score (nSPS) is 18.6. The van der Waals surface area contributed by atoms with E-state index in [9.17, 15) is 0 Å². The Morgan fingerprint density at radius 2 is 1.72 bits per heavy atom. The standard InChI is InChI=1S/C22H29N7/c1-18(19-4-3-7-23-9-10-24-8-5-19)28-12-14-29(15-13-28)22-25-16-20-17-27(2)11-6-21(20)26-22/h3-5,7-10,16,18H,6,11-15,17H2,1-2H3. The van der Waals surface area contributed by atoms with Crippen molar-refractivity contribution in [1.29, 1.82) is 0 Å². The SMILES string of the molecule is CC(c1cccnccncc1)N1CCN(c2ncc3c(n2)CCN(C)C3)CC1. The molecule has 2 aliphatic rings. The Labute approximate surface area is 172 Å². The number of hydrogen-bond donors (Lipinski definition) is 0. The molecule has 4 rings (SSSR count). The van der Waals surface area contributed by atoms with E-state index in [0.29, 0.717) is 6.04 Å². The lowest BCUT2D eigenvalue weighted by Crippen LogP contribution is -2.47. The van der Waals surface area contributed by atoms with Crippen LogP contribution in [0.2, 0.25) is 0 Å². The maximum atomic E-state index is 4.88. The monoisotopic (exact) mass is 391 g/mol. The third-order valence-electron chi connectivity index (χ3n) is 5.79. The molecule has 7 nitrogen and oxygen atoms in total. The lowest BCUT2D eigenvalue weighted by atomic mass is 10.1. The molecule has 0 radical (unpaired) electrons. The van der Waals surface area contributed by atoms with Crippen molar-refractivity contribution < 1.29 is 0 Å². The first-order valence-electron chi connectivity index (χ1n) is 10.3. The number of hydrogen-bond acceptors (Lipinski definition) is 7. The molecule has 0 saturated carbocycles. The second-order valence-corrected chi connectivity index (χ2v) is 7.75. The Bertz CT molecular complexity index is 853. The van der Waals surface area contributed by atoms with Crippen LogP contribution in [0.4, 0.5) is 5.95 Å². The Kier molecular flexibility index (Phi) is 6.27. The first kappa shape index (κ1) is 19.7. The van der Waals surface area contributed by atoms with Crippen molar-refractivity contribution >= 4 is 5.95 Å². The van der Waals surface area contributed by atoms with Gasteiger partial charge in [-0.2, -0.15) is 0 Å². The molecule has 152 valence electrons. The fraction of sp³-hybridized carbons (Fsp3) is 0.455. The summed E-state index contributed by atoms with van der Waals surface area (Å²) in [6.07, 6.45) is 10.0. The highest BCUT2D eigenvalue weighted by Gasteiger charge is 2.24. The molecule has 29 heavy (non-hydrogen) atoms. The molecule has 1 atom stereocenters. The summed E-state index contributed by atoms with van der Waals surface area (Å²) in [5.41, 5.74) is 3.72. The Morgan fingerprint density at radius 3 is 2.55 bits per heavy atom. The first-order valence-corrected chi connectivity index (χ1v) is 10.3. The summed E-state index contributed by atoms with van der Waals surface area (Å²) in [6.45, 7) is 8.14. The van der Waals surface area contributed by atoms with Gasteiger partial charge in [0.05, 0.1) is 5.69 Å². The van der Waals surface area contributed by atoms with Gasteiger partial charge in [0.1, 0.15) is 0 Å². The molecule has 1 saturated heterocycles. The van der Waals surface area contributed by atoms with Crippen molar-refractivity contribution in [3.63, 3.8) is 0 Å². The largest absolute Gasteiger partial charge is 0.338 e. The van der Waals surface area contributed by atoms with Crippen LogP contribution in [0.3, 0.4) is 0 Å². The second kappa shape index (κ2) is 9.24. The van der Waals surface area contributed by atoms with E-state index in [0.717, 1.165) is 51.6 Å². The summed E-state index contributed by atoms with van der Waals surface area (Å²) in [5, 5.41) is 0. The predicted octanol–water partition coefficient (Wildman–Crippen LogP) is 2.26. The van der Waals surface area contributed by atoms with Gasteiger partial charge >= 0.3 is 0 Å². The summed E-state index contributed by atoms with van der Waals surface area (Å²) < 4.78 is 0.